The standard InChI is InChI=1S/C25H29N7O/c1-16-11-30(22-6-4-19(10-26)32-23(22)7-8-28-32)14-24-20-5-3-18(9-17(20)12-31(16)24)29-13-21(27)25(15-29)33-2/h3-9,16,21,24-25H,11-15,27H2,1-2H3/t16-,21+,24-,25+/m1/s1. The van der Waals surface area contributed by atoms with Gasteiger partial charge in [0.25, 0.3) is 0 Å². The number of nitrogens with two attached hydrogens (primary N) is 1. The highest BCUT2D eigenvalue weighted by molar-refractivity contribution is 5.74. The van der Waals surface area contributed by atoms with Gasteiger partial charge in [0, 0.05) is 51.6 Å². The number of rotatable bonds is 3. The van der Waals surface area contributed by atoms with Gasteiger partial charge in [0.1, 0.15) is 11.8 Å². The fourth-order valence-corrected chi connectivity index (χ4v) is 5.92. The summed E-state index contributed by atoms with van der Waals surface area (Å²) in [7, 11) is 1.74. The van der Waals surface area contributed by atoms with Crippen LogP contribution in [-0.2, 0) is 11.3 Å². The van der Waals surface area contributed by atoms with Gasteiger partial charge in [-0.1, -0.05) is 6.07 Å². The van der Waals surface area contributed by atoms with Gasteiger partial charge < -0.3 is 20.3 Å². The van der Waals surface area contributed by atoms with Crippen molar-refractivity contribution in [3.63, 3.8) is 0 Å². The Labute approximate surface area is 193 Å². The number of piperazine rings is 1. The summed E-state index contributed by atoms with van der Waals surface area (Å²) < 4.78 is 7.29. The Morgan fingerprint density at radius 3 is 2.76 bits per heavy atom. The van der Waals surface area contributed by atoms with Crippen molar-refractivity contribution in [3.05, 3.63) is 59.4 Å². The van der Waals surface area contributed by atoms with Crippen LogP contribution >= 0.6 is 0 Å². The minimum Gasteiger partial charge on any atom is -0.378 e. The van der Waals surface area contributed by atoms with Crippen LogP contribution in [0.1, 0.15) is 29.8 Å². The third kappa shape index (κ3) is 3.19. The molecule has 0 radical (unpaired) electrons. The minimum absolute atomic E-state index is 0.0518. The van der Waals surface area contributed by atoms with Gasteiger partial charge in [0.15, 0.2) is 0 Å². The number of hydrogen-bond acceptors (Lipinski definition) is 7. The van der Waals surface area contributed by atoms with E-state index in [0.29, 0.717) is 17.8 Å². The number of anilines is 2. The van der Waals surface area contributed by atoms with Gasteiger partial charge in [-0.25, -0.2) is 4.52 Å². The first-order valence-electron chi connectivity index (χ1n) is 11.6. The molecule has 3 aliphatic heterocycles. The molecule has 2 N–H and O–H groups in total. The van der Waals surface area contributed by atoms with Gasteiger partial charge in [0.2, 0.25) is 0 Å². The van der Waals surface area contributed by atoms with Crippen molar-refractivity contribution < 1.29 is 4.74 Å². The number of pyridine rings is 1. The van der Waals surface area contributed by atoms with Crippen LogP contribution < -0.4 is 15.5 Å². The van der Waals surface area contributed by atoms with Crippen molar-refractivity contribution in [3.8, 4) is 6.07 Å². The lowest BCUT2D eigenvalue weighted by Gasteiger charge is -2.43. The third-order valence-electron chi connectivity index (χ3n) is 7.65. The molecule has 6 rings (SSSR count). The molecule has 5 heterocycles. The number of fused-ring (bicyclic) bond motifs is 4. The number of ether oxygens (including phenoxy) is 1. The molecule has 1 aromatic carbocycles. The number of methoxy groups -OCH3 is 1. The number of benzene rings is 1. The molecule has 8 heteroatoms. The summed E-state index contributed by atoms with van der Waals surface area (Å²) in [4.78, 5) is 7.42. The average Bonchev–Trinajstić information content (AvgIpc) is 3.54. The lowest BCUT2D eigenvalue weighted by Crippen LogP contribution is -2.51. The first-order valence-corrected chi connectivity index (χ1v) is 11.6. The molecule has 0 saturated carbocycles. The van der Waals surface area contributed by atoms with Gasteiger partial charge in [-0.05, 0) is 48.4 Å². The van der Waals surface area contributed by atoms with Crippen LogP contribution in [0.3, 0.4) is 0 Å². The lowest BCUT2D eigenvalue weighted by molar-refractivity contribution is 0.108. The van der Waals surface area contributed by atoms with Crippen LogP contribution in [0.15, 0.2) is 42.6 Å². The largest absolute Gasteiger partial charge is 0.378 e. The molecule has 0 unspecified atom stereocenters. The molecule has 2 fully saturated rings. The number of hydrogen-bond donors (Lipinski definition) is 1. The van der Waals surface area contributed by atoms with E-state index in [1.807, 2.05) is 12.1 Å². The fraction of sp³-hybridized carbons (Fsp3) is 0.440. The van der Waals surface area contributed by atoms with Crippen molar-refractivity contribution in [1.82, 2.24) is 14.5 Å². The van der Waals surface area contributed by atoms with Gasteiger partial charge in [-0.2, -0.15) is 10.4 Å². The zero-order valence-corrected chi connectivity index (χ0v) is 19.1. The van der Waals surface area contributed by atoms with Crippen LogP contribution in [-0.4, -0.2) is 66.0 Å². The number of nitriles is 1. The van der Waals surface area contributed by atoms with Gasteiger partial charge in [-0.3, -0.25) is 4.90 Å². The predicted molar refractivity (Wildman–Crippen MR) is 127 cm³/mol. The molecular weight excluding hydrogens is 414 g/mol. The van der Waals surface area contributed by atoms with Crippen LogP contribution in [0.25, 0.3) is 5.52 Å². The van der Waals surface area contributed by atoms with E-state index in [2.05, 4.69) is 57.1 Å². The first kappa shape index (κ1) is 20.5. The molecule has 33 heavy (non-hydrogen) atoms. The van der Waals surface area contributed by atoms with Gasteiger partial charge in [0.05, 0.1) is 35.6 Å². The summed E-state index contributed by atoms with van der Waals surface area (Å²) in [5.41, 5.74) is 13.0. The minimum atomic E-state index is 0.0518. The van der Waals surface area contributed by atoms with Gasteiger partial charge in [-0.15, -0.1) is 0 Å². The number of nitrogens with zero attached hydrogens (tertiary/aromatic N) is 6. The Bertz CT molecular complexity index is 1250. The molecule has 0 amide bonds. The summed E-state index contributed by atoms with van der Waals surface area (Å²) in [6.45, 7) is 6.82. The monoisotopic (exact) mass is 443 g/mol. The summed E-state index contributed by atoms with van der Waals surface area (Å²) in [6, 6.07) is 15.9. The van der Waals surface area contributed by atoms with E-state index < -0.39 is 0 Å². The normalized spacial score (nSPS) is 27.1. The molecular formula is C25H29N7O. The van der Waals surface area contributed by atoms with E-state index in [0.717, 1.165) is 43.9 Å². The molecule has 2 saturated heterocycles. The molecule has 8 nitrogen and oxygen atoms in total. The van der Waals surface area contributed by atoms with E-state index >= 15 is 0 Å². The molecule has 4 atom stereocenters. The van der Waals surface area contributed by atoms with E-state index in [9.17, 15) is 5.26 Å². The summed E-state index contributed by atoms with van der Waals surface area (Å²) >= 11 is 0. The van der Waals surface area contributed by atoms with E-state index in [-0.39, 0.29) is 12.1 Å². The van der Waals surface area contributed by atoms with Crippen molar-refractivity contribution in [1.29, 1.82) is 5.26 Å². The van der Waals surface area contributed by atoms with Crippen LogP contribution in [0.4, 0.5) is 11.4 Å². The molecule has 0 bridgehead atoms. The fourth-order valence-electron chi connectivity index (χ4n) is 5.92. The van der Waals surface area contributed by atoms with Crippen molar-refractivity contribution in [2.24, 2.45) is 5.73 Å². The zero-order valence-electron chi connectivity index (χ0n) is 19.1. The molecule has 0 aliphatic carbocycles. The Morgan fingerprint density at radius 2 is 1.97 bits per heavy atom. The Balaban J connectivity index is 1.29. The van der Waals surface area contributed by atoms with Gasteiger partial charge >= 0.3 is 0 Å². The van der Waals surface area contributed by atoms with E-state index in [1.165, 1.54) is 16.8 Å². The second-order valence-corrected chi connectivity index (χ2v) is 9.51. The lowest BCUT2D eigenvalue weighted by atomic mass is 10.0. The van der Waals surface area contributed by atoms with Crippen molar-refractivity contribution in [2.45, 2.75) is 37.7 Å². The summed E-state index contributed by atoms with van der Waals surface area (Å²) in [5, 5.41) is 13.8. The van der Waals surface area contributed by atoms with Crippen LogP contribution in [0.5, 0.6) is 0 Å². The average molecular weight is 444 g/mol. The maximum absolute atomic E-state index is 9.43. The van der Waals surface area contributed by atoms with E-state index in [4.69, 9.17) is 10.5 Å². The quantitative estimate of drug-likeness (QED) is 0.664. The third-order valence-corrected chi connectivity index (χ3v) is 7.65. The maximum Gasteiger partial charge on any atom is 0.142 e. The van der Waals surface area contributed by atoms with Crippen molar-refractivity contribution in [2.75, 3.05) is 43.1 Å². The maximum atomic E-state index is 9.43. The highest BCUT2D eigenvalue weighted by atomic mass is 16.5. The molecule has 170 valence electrons. The highest BCUT2D eigenvalue weighted by Gasteiger charge is 2.40. The van der Waals surface area contributed by atoms with Crippen LogP contribution in [0, 0.1) is 11.3 Å². The first-order chi connectivity index (χ1) is 16.1. The Kier molecular flexibility index (Phi) is 4.80. The van der Waals surface area contributed by atoms with Crippen molar-refractivity contribution >= 4 is 16.9 Å². The second kappa shape index (κ2) is 7.73. The molecule has 3 aromatic rings. The molecule has 0 spiro atoms. The Morgan fingerprint density at radius 1 is 1.09 bits per heavy atom. The predicted octanol–water partition coefficient (Wildman–Crippen LogP) is 2.13. The van der Waals surface area contributed by atoms with E-state index in [1.54, 1.807) is 17.8 Å². The molecule has 3 aliphatic rings. The summed E-state index contributed by atoms with van der Waals surface area (Å²) in [5.74, 6) is 0. The number of aromatic nitrogens is 2. The second-order valence-electron chi connectivity index (χ2n) is 9.51. The topological polar surface area (TPSA) is 86.1 Å². The highest BCUT2D eigenvalue weighted by Crippen LogP contribution is 2.42. The van der Waals surface area contributed by atoms with Crippen LogP contribution in [0.2, 0.25) is 0 Å². The molecule has 2 aromatic heterocycles. The summed E-state index contributed by atoms with van der Waals surface area (Å²) in [6.07, 6.45) is 1.86. The Hall–Kier alpha value is -3.12. The zero-order chi connectivity index (χ0) is 22.7. The smallest absolute Gasteiger partial charge is 0.142 e. The SMILES string of the molecule is CO[C@H]1CN(c2ccc3c(c2)CN2[C@H](C)CN(c4ccc(C#N)n5nccc45)C[C@H]32)C[C@@H]1N.